The maximum absolute atomic E-state index is 12.6. The molecule has 0 spiro atoms. The van der Waals surface area contributed by atoms with Crippen LogP contribution in [0.2, 0.25) is 0 Å². The number of fused-ring (bicyclic) bond motifs is 1. The number of nitrogens with zero attached hydrogens (tertiary/aromatic N) is 3. The summed E-state index contributed by atoms with van der Waals surface area (Å²) < 4.78 is 5.94. The summed E-state index contributed by atoms with van der Waals surface area (Å²) >= 11 is 1.41. The van der Waals surface area contributed by atoms with Gasteiger partial charge in [0.2, 0.25) is 5.91 Å². The van der Waals surface area contributed by atoms with Crippen molar-refractivity contribution in [3.8, 4) is 0 Å². The summed E-state index contributed by atoms with van der Waals surface area (Å²) in [5.74, 6) is -0.0587. The van der Waals surface area contributed by atoms with E-state index in [1.165, 1.54) is 11.3 Å². The van der Waals surface area contributed by atoms with Crippen molar-refractivity contribution in [2.75, 3.05) is 19.7 Å². The molecule has 136 valence electrons. The van der Waals surface area contributed by atoms with E-state index in [4.69, 9.17) is 4.74 Å². The molecular weight excluding hydrogens is 350 g/mol. The molecule has 6 nitrogen and oxygen atoms in total. The normalized spacial score (nSPS) is 25.9. The Morgan fingerprint density at radius 2 is 2.19 bits per heavy atom. The van der Waals surface area contributed by atoms with Crippen molar-refractivity contribution in [2.45, 2.75) is 31.5 Å². The Morgan fingerprint density at radius 3 is 2.92 bits per heavy atom. The predicted octanol–water partition coefficient (Wildman–Crippen LogP) is 2.18. The van der Waals surface area contributed by atoms with E-state index in [0.717, 1.165) is 5.56 Å². The van der Waals surface area contributed by atoms with Crippen LogP contribution in [0.25, 0.3) is 0 Å². The van der Waals surface area contributed by atoms with Gasteiger partial charge in [0.15, 0.2) is 0 Å². The highest BCUT2D eigenvalue weighted by Crippen LogP contribution is 2.34. The zero-order valence-electron chi connectivity index (χ0n) is 14.6. The van der Waals surface area contributed by atoms with Crippen molar-refractivity contribution in [1.29, 1.82) is 0 Å². The van der Waals surface area contributed by atoms with E-state index < -0.39 is 5.60 Å². The fourth-order valence-electron chi connectivity index (χ4n) is 3.89. The molecule has 2 saturated heterocycles. The molecule has 0 bridgehead atoms. The van der Waals surface area contributed by atoms with Gasteiger partial charge in [-0.3, -0.25) is 9.59 Å². The smallest absolute Gasteiger partial charge is 0.273 e. The zero-order chi connectivity index (χ0) is 18.1. The average molecular weight is 371 g/mol. The van der Waals surface area contributed by atoms with Gasteiger partial charge < -0.3 is 14.5 Å². The summed E-state index contributed by atoms with van der Waals surface area (Å²) in [6.45, 7) is 3.69. The number of ether oxygens (including phenoxy) is 1. The molecular formula is C19H21N3O3S. The molecule has 2 atom stereocenters. The van der Waals surface area contributed by atoms with Gasteiger partial charge in [0.05, 0.1) is 18.1 Å². The van der Waals surface area contributed by atoms with E-state index in [9.17, 15) is 9.59 Å². The minimum atomic E-state index is -0.563. The summed E-state index contributed by atoms with van der Waals surface area (Å²) in [4.78, 5) is 33.0. The molecule has 2 aromatic rings. The van der Waals surface area contributed by atoms with Crippen LogP contribution in [0.5, 0.6) is 0 Å². The van der Waals surface area contributed by atoms with Crippen LogP contribution in [-0.4, -0.2) is 57.9 Å². The van der Waals surface area contributed by atoms with Gasteiger partial charge in [0.1, 0.15) is 17.9 Å². The summed E-state index contributed by atoms with van der Waals surface area (Å²) in [7, 11) is 0. The number of carbonyl (C=O) groups excluding carboxylic acids is 2. The lowest BCUT2D eigenvalue weighted by Crippen LogP contribution is -2.67. The molecule has 0 N–H and O–H groups in total. The van der Waals surface area contributed by atoms with Crippen LogP contribution < -0.4 is 0 Å². The molecule has 7 heteroatoms. The number of likely N-dealkylation sites (tertiary alicyclic amines) is 1. The number of hydrogen-bond donors (Lipinski definition) is 0. The van der Waals surface area contributed by atoms with Crippen LogP contribution in [-0.2, 0) is 16.1 Å². The number of carbonyl (C=O) groups is 2. The lowest BCUT2D eigenvalue weighted by molar-refractivity contribution is -0.186. The molecule has 26 heavy (non-hydrogen) atoms. The topological polar surface area (TPSA) is 62.7 Å². The van der Waals surface area contributed by atoms with Gasteiger partial charge in [-0.05, 0) is 18.9 Å². The second-order valence-corrected chi connectivity index (χ2v) is 7.73. The van der Waals surface area contributed by atoms with Crippen LogP contribution in [0.3, 0.4) is 0 Å². The Hall–Kier alpha value is -2.25. The first-order valence-electron chi connectivity index (χ1n) is 8.72. The third-order valence-corrected chi connectivity index (χ3v) is 5.82. The molecule has 0 aliphatic carbocycles. The van der Waals surface area contributed by atoms with Crippen molar-refractivity contribution in [3.05, 3.63) is 52.5 Å². The molecule has 2 aliphatic rings. The van der Waals surface area contributed by atoms with Gasteiger partial charge in [0, 0.05) is 18.5 Å². The maximum Gasteiger partial charge on any atom is 0.273 e. The van der Waals surface area contributed by atoms with E-state index >= 15 is 0 Å². The van der Waals surface area contributed by atoms with Crippen LogP contribution >= 0.6 is 11.3 Å². The van der Waals surface area contributed by atoms with Gasteiger partial charge in [0.25, 0.3) is 5.91 Å². The third kappa shape index (κ3) is 3.12. The summed E-state index contributed by atoms with van der Waals surface area (Å²) in [6, 6.07) is 9.95. The minimum absolute atomic E-state index is 0.00982. The zero-order valence-corrected chi connectivity index (χ0v) is 15.4. The van der Waals surface area contributed by atoms with E-state index in [1.807, 2.05) is 42.2 Å². The lowest BCUT2D eigenvalue weighted by Gasteiger charge is -2.52. The number of amides is 2. The molecule has 0 radical (unpaired) electrons. The van der Waals surface area contributed by atoms with Crippen molar-refractivity contribution >= 4 is 23.2 Å². The molecule has 1 aromatic carbocycles. The van der Waals surface area contributed by atoms with Gasteiger partial charge in [-0.15, -0.1) is 11.3 Å². The Bertz CT molecular complexity index is 796. The number of hydrogen-bond acceptors (Lipinski definition) is 5. The Labute approximate surface area is 156 Å². The van der Waals surface area contributed by atoms with E-state index in [0.29, 0.717) is 31.7 Å². The summed E-state index contributed by atoms with van der Waals surface area (Å²) in [5.41, 5.74) is 2.68. The molecule has 2 aliphatic heterocycles. The first-order valence-corrected chi connectivity index (χ1v) is 9.66. The maximum atomic E-state index is 12.6. The summed E-state index contributed by atoms with van der Waals surface area (Å²) in [5, 5.41) is 1.77. The third-order valence-electron chi connectivity index (χ3n) is 5.24. The number of thiazole rings is 1. The van der Waals surface area contributed by atoms with E-state index in [2.05, 4.69) is 4.98 Å². The van der Waals surface area contributed by atoms with Gasteiger partial charge in [-0.2, -0.15) is 0 Å². The predicted molar refractivity (Wildman–Crippen MR) is 97.8 cm³/mol. The van der Waals surface area contributed by atoms with Crippen molar-refractivity contribution in [3.63, 3.8) is 0 Å². The molecule has 0 saturated carbocycles. The first-order chi connectivity index (χ1) is 12.6. The number of piperidine rings is 1. The fourth-order valence-corrected chi connectivity index (χ4v) is 4.42. The Balaban J connectivity index is 1.53. The van der Waals surface area contributed by atoms with Gasteiger partial charge in [-0.25, -0.2) is 4.98 Å². The summed E-state index contributed by atoms with van der Waals surface area (Å²) in [6.07, 6.45) is 0.699. The van der Waals surface area contributed by atoms with Crippen molar-refractivity contribution in [2.24, 2.45) is 0 Å². The average Bonchev–Trinajstić information content (AvgIpc) is 3.19. The first kappa shape index (κ1) is 17.2. The Kier molecular flexibility index (Phi) is 4.50. The number of benzene rings is 1. The number of rotatable bonds is 3. The monoisotopic (exact) mass is 371 g/mol. The van der Waals surface area contributed by atoms with Crippen LogP contribution in [0.1, 0.15) is 29.4 Å². The van der Waals surface area contributed by atoms with E-state index in [1.54, 1.807) is 15.8 Å². The number of aromatic nitrogens is 1. The van der Waals surface area contributed by atoms with Gasteiger partial charge >= 0.3 is 0 Å². The van der Waals surface area contributed by atoms with E-state index in [-0.39, 0.29) is 24.5 Å². The highest BCUT2D eigenvalue weighted by Gasteiger charge is 2.49. The Morgan fingerprint density at radius 1 is 1.38 bits per heavy atom. The standard InChI is InChI=1S/C19H21N3O3S/c1-19-12-21(18(24)15-11-26-13-20-15)8-7-16(19)22(17(23)10-25-19)9-14-5-3-2-4-6-14/h2-6,11,13,16H,7-10,12H2,1H3/t16-,19-/m1/s1. The largest absolute Gasteiger partial charge is 0.361 e. The van der Waals surface area contributed by atoms with Gasteiger partial charge in [-0.1, -0.05) is 30.3 Å². The quantitative estimate of drug-likeness (QED) is 0.830. The highest BCUT2D eigenvalue weighted by molar-refractivity contribution is 7.07. The van der Waals surface area contributed by atoms with Crippen LogP contribution in [0.15, 0.2) is 41.2 Å². The van der Waals surface area contributed by atoms with Crippen LogP contribution in [0.4, 0.5) is 0 Å². The second kappa shape index (κ2) is 6.81. The molecule has 0 unspecified atom stereocenters. The van der Waals surface area contributed by atoms with Crippen LogP contribution in [0, 0.1) is 0 Å². The molecule has 4 rings (SSSR count). The molecule has 3 heterocycles. The lowest BCUT2D eigenvalue weighted by atomic mass is 9.85. The molecule has 1 aromatic heterocycles. The SMILES string of the molecule is C[C@@]12CN(C(=O)c3cscn3)CC[C@H]1N(Cc1ccccc1)C(=O)CO2. The van der Waals surface area contributed by atoms with Crippen molar-refractivity contribution in [1.82, 2.24) is 14.8 Å². The van der Waals surface area contributed by atoms with Crippen molar-refractivity contribution < 1.29 is 14.3 Å². The fraction of sp³-hybridized carbons (Fsp3) is 0.421. The second-order valence-electron chi connectivity index (χ2n) is 7.01. The molecule has 2 amide bonds. The highest BCUT2D eigenvalue weighted by atomic mass is 32.1. The minimum Gasteiger partial charge on any atom is -0.361 e. The molecule has 2 fully saturated rings. The number of morpholine rings is 1.